The van der Waals surface area contributed by atoms with Crippen LogP contribution in [0.1, 0.15) is 39.5 Å². The molecular weight excluding hydrogens is 200 g/mol. The van der Waals surface area contributed by atoms with Crippen molar-refractivity contribution in [2.45, 2.75) is 39.5 Å². The summed E-state index contributed by atoms with van der Waals surface area (Å²) in [5, 5.41) is 3.38. The summed E-state index contributed by atoms with van der Waals surface area (Å²) in [5.41, 5.74) is 0. The average molecular weight is 230 g/mol. The summed E-state index contributed by atoms with van der Waals surface area (Å²) in [5.74, 6) is 0. The summed E-state index contributed by atoms with van der Waals surface area (Å²) in [7, 11) is 1.75. The summed E-state index contributed by atoms with van der Waals surface area (Å²) >= 11 is 0. The van der Waals surface area contributed by atoms with Gasteiger partial charge in [-0.05, 0) is 51.9 Å². The standard InChI is InChI=1S/C13H30N2O/c1-4-10-15(11-5-2)12-7-6-8-14-9-13-16-3/h14H,4-13H2,1-3H3. The number of ether oxygens (including phenoxy) is 1. The van der Waals surface area contributed by atoms with Crippen LogP contribution in [0.25, 0.3) is 0 Å². The lowest BCUT2D eigenvalue weighted by atomic mass is 10.2. The Balaban J connectivity index is 3.25. The average Bonchev–Trinajstić information content (AvgIpc) is 2.28. The number of nitrogens with zero attached hydrogens (tertiary/aromatic N) is 1. The van der Waals surface area contributed by atoms with Gasteiger partial charge in [-0.3, -0.25) is 0 Å². The van der Waals surface area contributed by atoms with Crippen molar-refractivity contribution in [1.82, 2.24) is 10.2 Å². The molecule has 98 valence electrons. The van der Waals surface area contributed by atoms with E-state index >= 15 is 0 Å². The second-order valence-corrected chi connectivity index (χ2v) is 4.29. The molecule has 0 unspecified atom stereocenters. The Morgan fingerprint density at radius 1 is 0.938 bits per heavy atom. The van der Waals surface area contributed by atoms with Crippen molar-refractivity contribution in [1.29, 1.82) is 0 Å². The van der Waals surface area contributed by atoms with Gasteiger partial charge >= 0.3 is 0 Å². The molecule has 1 N–H and O–H groups in total. The smallest absolute Gasteiger partial charge is 0.0587 e. The minimum absolute atomic E-state index is 0.817. The Hall–Kier alpha value is -0.120. The van der Waals surface area contributed by atoms with Gasteiger partial charge in [0.25, 0.3) is 0 Å². The quantitative estimate of drug-likeness (QED) is 0.520. The fourth-order valence-corrected chi connectivity index (χ4v) is 1.85. The van der Waals surface area contributed by atoms with Crippen LogP contribution in [-0.4, -0.2) is 51.3 Å². The molecule has 0 aliphatic rings. The van der Waals surface area contributed by atoms with E-state index in [4.69, 9.17) is 4.74 Å². The van der Waals surface area contributed by atoms with Gasteiger partial charge in [0.15, 0.2) is 0 Å². The van der Waals surface area contributed by atoms with E-state index in [9.17, 15) is 0 Å². The summed E-state index contributed by atoms with van der Waals surface area (Å²) in [4.78, 5) is 2.58. The van der Waals surface area contributed by atoms with Crippen LogP contribution in [0.3, 0.4) is 0 Å². The van der Waals surface area contributed by atoms with Crippen molar-refractivity contribution in [3.05, 3.63) is 0 Å². The highest BCUT2D eigenvalue weighted by atomic mass is 16.5. The highest BCUT2D eigenvalue weighted by Gasteiger charge is 2.01. The molecule has 0 aliphatic heterocycles. The van der Waals surface area contributed by atoms with E-state index in [1.54, 1.807) is 7.11 Å². The summed E-state index contributed by atoms with van der Waals surface area (Å²) < 4.78 is 4.98. The molecule has 0 aliphatic carbocycles. The van der Waals surface area contributed by atoms with Gasteiger partial charge in [0, 0.05) is 13.7 Å². The second kappa shape index (κ2) is 12.9. The molecule has 0 bridgehead atoms. The van der Waals surface area contributed by atoms with E-state index in [1.165, 1.54) is 45.3 Å². The van der Waals surface area contributed by atoms with Gasteiger partial charge in [-0.25, -0.2) is 0 Å². The Labute approximate surface area is 102 Å². The third-order valence-corrected chi connectivity index (χ3v) is 2.64. The number of unbranched alkanes of at least 4 members (excludes halogenated alkanes) is 1. The zero-order chi connectivity index (χ0) is 12.1. The largest absolute Gasteiger partial charge is 0.383 e. The van der Waals surface area contributed by atoms with Crippen molar-refractivity contribution < 1.29 is 4.74 Å². The first-order chi connectivity index (χ1) is 7.85. The van der Waals surface area contributed by atoms with Gasteiger partial charge in [-0.15, -0.1) is 0 Å². The van der Waals surface area contributed by atoms with Crippen LogP contribution >= 0.6 is 0 Å². The lowest BCUT2D eigenvalue weighted by molar-refractivity contribution is 0.199. The molecule has 3 heteroatoms. The van der Waals surface area contributed by atoms with E-state index in [-0.39, 0.29) is 0 Å². The first kappa shape index (κ1) is 15.9. The maximum Gasteiger partial charge on any atom is 0.0587 e. The number of hydrogen-bond donors (Lipinski definition) is 1. The molecule has 0 saturated carbocycles. The Morgan fingerprint density at radius 2 is 1.62 bits per heavy atom. The summed E-state index contributed by atoms with van der Waals surface area (Å²) in [6, 6.07) is 0. The van der Waals surface area contributed by atoms with Crippen LogP contribution in [0.2, 0.25) is 0 Å². The molecular formula is C13H30N2O. The fourth-order valence-electron chi connectivity index (χ4n) is 1.85. The molecule has 0 aromatic rings. The first-order valence-corrected chi connectivity index (χ1v) is 6.77. The predicted octanol–water partition coefficient (Wildman–Crippen LogP) is 2.12. The van der Waals surface area contributed by atoms with Crippen molar-refractivity contribution in [3.63, 3.8) is 0 Å². The fraction of sp³-hybridized carbons (Fsp3) is 1.00. The third-order valence-electron chi connectivity index (χ3n) is 2.64. The normalized spacial score (nSPS) is 11.2. The van der Waals surface area contributed by atoms with Gasteiger partial charge < -0.3 is 15.0 Å². The molecule has 0 amide bonds. The van der Waals surface area contributed by atoms with E-state index < -0.39 is 0 Å². The van der Waals surface area contributed by atoms with Crippen LogP contribution in [0.4, 0.5) is 0 Å². The number of rotatable bonds is 12. The topological polar surface area (TPSA) is 24.5 Å². The lowest BCUT2D eigenvalue weighted by Gasteiger charge is -2.20. The minimum atomic E-state index is 0.817. The van der Waals surface area contributed by atoms with E-state index in [0.717, 1.165) is 19.7 Å². The molecule has 0 aromatic carbocycles. The van der Waals surface area contributed by atoms with E-state index in [1.807, 2.05) is 0 Å². The number of nitrogens with one attached hydrogen (secondary N) is 1. The molecule has 0 heterocycles. The molecule has 16 heavy (non-hydrogen) atoms. The second-order valence-electron chi connectivity index (χ2n) is 4.29. The summed E-state index contributed by atoms with van der Waals surface area (Å²) in [6.07, 6.45) is 5.12. The van der Waals surface area contributed by atoms with Gasteiger partial charge in [-0.1, -0.05) is 13.8 Å². The van der Waals surface area contributed by atoms with Gasteiger partial charge in [0.2, 0.25) is 0 Å². The highest BCUT2D eigenvalue weighted by molar-refractivity contribution is 4.57. The Kier molecular flexibility index (Phi) is 12.9. The van der Waals surface area contributed by atoms with Gasteiger partial charge in [0.05, 0.1) is 6.61 Å². The van der Waals surface area contributed by atoms with Crippen LogP contribution in [-0.2, 0) is 4.74 Å². The molecule has 0 rings (SSSR count). The van der Waals surface area contributed by atoms with Crippen LogP contribution in [0, 0.1) is 0 Å². The van der Waals surface area contributed by atoms with Crippen molar-refractivity contribution >= 4 is 0 Å². The van der Waals surface area contributed by atoms with Crippen molar-refractivity contribution in [2.75, 3.05) is 46.4 Å². The Morgan fingerprint density at radius 3 is 2.19 bits per heavy atom. The SMILES string of the molecule is CCCN(CCC)CCCCNCCOC. The van der Waals surface area contributed by atoms with Crippen LogP contribution in [0.5, 0.6) is 0 Å². The van der Waals surface area contributed by atoms with Crippen molar-refractivity contribution in [3.8, 4) is 0 Å². The van der Waals surface area contributed by atoms with Gasteiger partial charge in [0.1, 0.15) is 0 Å². The number of methoxy groups -OCH3 is 1. The summed E-state index contributed by atoms with van der Waals surface area (Å²) in [6.45, 7) is 11.2. The molecule has 0 spiro atoms. The zero-order valence-corrected chi connectivity index (χ0v) is 11.4. The first-order valence-electron chi connectivity index (χ1n) is 6.77. The maximum atomic E-state index is 4.98. The lowest BCUT2D eigenvalue weighted by Crippen LogP contribution is -2.27. The van der Waals surface area contributed by atoms with Crippen molar-refractivity contribution in [2.24, 2.45) is 0 Å². The van der Waals surface area contributed by atoms with Gasteiger partial charge in [-0.2, -0.15) is 0 Å². The van der Waals surface area contributed by atoms with E-state index in [2.05, 4.69) is 24.1 Å². The number of hydrogen-bond acceptors (Lipinski definition) is 3. The maximum absolute atomic E-state index is 4.98. The molecule has 3 nitrogen and oxygen atoms in total. The van der Waals surface area contributed by atoms with E-state index in [0.29, 0.717) is 0 Å². The molecule has 0 fully saturated rings. The molecule has 0 aromatic heterocycles. The zero-order valence-electron chi connectivity index (χ0n) is 11.4. The molecule has 0 radical (unpaired) electrons. The predicted molar refractivity (Wildman–Crippen MR) is 71.0 cm³/mol. The monoisotopic (exact) mass is 230 g/mol. The molecule has 0 saturated heterocycles. The highest BCUT2D eigenvalue weighted by Crippen LogP contribution is 1.98. The van der Waals surface area contributed by atoms with Crippen LogP contribution in [0.15, 0.2) is 0 Å². The molecule has 0 atom stereocenters. The third kappa shape index (κ3) is 10.4. The Bertz CT molecular complexity index is 125. The van der Waals surface area contributed by atoms with Crippen LogP contribution < -0.4 is 5.32 Å². The minimum Gasteiger partial charge on any atom is -0.383 e.